The van der Waals surface area contributed by atoms with Gasteiger partial charge in [-0.3, -0.25) is 4.90 Å². The van der Waals surface area contributed by atoms with E-state index < -0.39 is 0 Å². The lowest BCUT2D eigenvalue weighted by atomic mass is 10.0. The first-order valence-corrected chi connectivity index (χ1v) is 13.2. The summed E-state index contributed by atoms with van der Waals surface area (Å²) in [5.74, 6) is 1.24. The van der Waals surface area contributed by atoms with Gasteiger partial charge in [0.05, 0.1) is 43.4 Å². The molecule has 6 rings (SSSR count). The lowest BCUT2D eigenvalue weighted by Gasteiger charge is -2.40. The summed E-state index contributed by atoms with van der Waals surface area (Å²) in [6.07, 6.45) is 4.14. The molecule has 0 aliphatic carbocycles. The molecule has 2 aliphatic heterocycles. The number of piperidine rings is 1. The zero-order valence-electron chi connectivity index (χ0n) is 20.9. The number of fused-ring (bicyclic) bond motifs is 1. The van der Waals surface area contributed by atoms with Gasteiger partial charge in [0.2, 0.25) is 5.95 Å². The SMILES string of the molecule is COc1cc(N2CCC(N3CCOCC3)CC2)ccc1Nc1ncc2ccc(-c3ccccc3Cl)n2n1. The third-order valence-corrected chi connectivity index (χ3v) is 7.70. The molecular formula is C28H31ClN6O2. The van der Waals surface area contributed by atoms with E-state index in [1.807, 2.05) is 47.0 Å². The summed E-state index contributed by atoms with van der Waals surface area (Å²) in [4.78, 5) is 9.55. The first-order chi connectivity index (χ1) is 18.2. The first kappa shape index (κ1) is 24.0. The normalized spacial score (nSPS) is 17.3. The van der Waals surface area contributed by atoms with Crippen molar-refractivity contribution < 1.29 is 9.47 Å². The van der Waals surface area contributed by atoms with Gasteiger partial charge in [-0.1, -0.05) is 29.8 Å². The van der Waals surface area contributed by atoms with E-state index in [0.29, 0.717) is 17.0 Å². The van der Waals surface area contributed by atoms with E-state index in [2.05, 4.69) is 32.2 Å². The summed E-state index contributed by atoms with van der Waals surface area (Å²) in [6, 6.07) is 18.7. The molecule has 4 aromatic rings. The maximum absolute atomic E-state index is 6.45. The van der Waals surface area contributed by atoms with E-state index in [0.717, 1.165) is 67.6 Å². The van der Waals surface area contributed by atoms with Crippen LogP contribution in [0.25, 0.3) is 16.8 Å². The lowest BCUT2D eigenvalue weighted by Crippen LogP contribution is -2.49. The molecule has 0 bridgehead atoms. The monoisotopic (exact) mass is 518 g/mol. The second-order valence-electron chi connectivity index (χ2n) is 9.49. The number of ether oxygens (including phenoxy) is 2. The molecule has 0 amide bonds. The van der Waals surface area contributed by atoms with Crippen LogP contribution in [0.5, 0.6) is 5.75 Å². The van der Waals surface area contributed by atoms with E-state index in [1.54, 1.807) is 13.3 Å². The van der Waals surface area contributed by atoms with Gasteiger partial charge in [-0.2, -0.15) is 0 Å². The van der Waals surface area contributed by atoms with Gasteiger partial charge in [-0.15, -0.1) is 5.10 Å². The Kier molecular flexibility index (Phi) is 6.87. The Morgan fingerprint density at radius 1 is 1.00 bits per heavy atom. The molecule has 0 radical (unpaired) electrons. The molecule has 2 fully saturated rings. The highest BCUT2D eigenvalue weighted by atomic mass is 35.5. The molecule has 8 nitrogen and oxygen atoms in total. The second kappa shape index (κ2) is 10.6. The van der Waals surface area contributed by atoms with Gasteiger partial charge in [-0.25, -0.2) is 9.50 Å². The van der Waals surface area contributed by atoms with Crippen LogP contribution in [0, 0.1) is 0 Å². The van der Waals surface area contributed by atoms with Gasteiger partial charge < -0.3 is 19.7 Å². The fourth-order valence-electron chi connectivity index (χ4n) is 5.36. The Morgan fingerprint density at radius 3 is 2.59 bits per heavy atom. The van der Waals surface area contributed by atoms with Crippen molar-refractivity contribution in [3.05, 3.63) is 65.8 Å². The number of methoxy groups -OCH3 is 1. The third-order valence-electron chi connectivity index (χ3n) is 7.37. The molecule has 192 valence electrons. The summed E-state index contributed by atoms with van der Waals surface area (Å²) < 4.78 is 13.1. The highest BCUT2D eigenvalue weighted by molar-refractivity contribution is 6.33. The van der Waals surface area contributed by atoms with Gasteiger partial charge >= 0.3 is 0 Å². The summed E-state index contributed by atoms with van der Waals surface area (Å²) in [6.45, 7) is 5.89. The number of rotatable bonds is 6. The van der Waals surface area contributed by atoms with Gasteiger partial charge in [0, 0.05) is 54.6 Å². The molecular weight excluding hydrogens is 488 g/mol. The maximum Gasteiger partial charge on any atom is 0.245 e. The summed E-state index contributed by atoms with van der Waals surface area (Å²) in [5.41, 5.74) is 4.72. The van der Waals surface area contributed by atoms with Crippen LogP contribution < -0.4 is 15.0 Å². The Hall–Kier alpha value is -3.33. The largest absolute Gasteiger partial charge is 0.494 e. The molecule has 2 aromatic carbocycles. The van der Waals surface area contributed by atoms with Crippen LogP contribution in [0.4, 0.5) is 17.3 Å². The van der Waals surface area contributed by atoms with E-state index in [1.165, 1.54) is 18.5 Å². The Morgan fingerprint density at radius 2 is 1.81 bits per heavy atom. The molecule has 0 atom stereocenters. The van der Waals surface area contributed by atoms with Gasteiger partial charge in [-0.05, 0) is 43.2 Å². The summed E-state index contributed by atoms with van der Waals surface area (Å²) >= 11 is 6.45. The molecule has 2 saturated heterocycles. The maximum atomic E-state index is 6.45. The zero-order valence-corrected chi connectivity index (χ0v) is 21.7. The van der Waals surface area contributed by atoms with E-state index in [4.69, 9.17) is 26.2 Å². The van der Waals surface area contributed by atoms with Crippen molar-refractivity contribution in [3.8, 4) is 17.0 Å². The minimum atomic E-state index is 0.481. The number of anilines is 3. The van der Waals surface area contributed by atoms with Crippen LogP contribution in [-0.4, -0.2) is 72.0 Å². The highest BCUT2D eigenvalue weighted by Crippen LogP contribution is 2.34. The second-order valence-corrected chi connectivity index (χ2v) is 9.90. The zero-order chi connectivity index (χ0) is 25.2. The quantitative estimate of drug-likeness (QED) is 0.381. The van der Waals surface area contributed by atoms with Gasteiger partial charge in [0.25, 0.3) is 0 Å². The number of hydrogen-bond donors (Lipinski definition) is 1. The fourth-order valence-corrected chi connectivity index (χ4v) is 5.60. The number of benzene rings is 2. The van der Waals surface area contributed by atoms with Gasteiger partial charge in [0.15, 0.2) is 0 Å². The van der Waals surface area contributed by atoms with Crippen molar-refractivity contribution in [2.75, 3.05) is 56.7 Å². The minimum absolute atomic E-state index is 0.481. The first-order valence-electron chi connectivity index (χ1n) is 12.8. The smallest absolute Gasteiger partial charge is 0.245 e. The van der Waals surface area contributed by atoms with Crippen molar-refractivity contribution in [2.24, 2.45) is 0 Å². The molecule has 0 unspecified atom stereocenters. The predicted octanol–water partition coefficient (Wildman–Crippen LogP) is 5.10. The van der Waals surface area contributed by atoms with Crippen molar-refractivity contribution in [1.29, 1.82) is 0 Å². The number of morpholine rings is 1. The van der Waals surface area contributed by atoms with Crippen LogP contribution in [0.15, 0.2) is 60.8 Å². The molecule has 37 heavy (non-hydrogen) atoms. The number of aromatic nitrogens is 3. The van der Waals surface area contributed by atoms with Crippen molar-refractivity contribution >= 4 is 34.4 Å². The van der Waals surface area contributed by atoms with E-state index in [-0.39, 0.29) is 0 Å². The fraction of sp³-hybridized carbons (Fsp3) is 0.357. The van der Waals surface area contributed by atoms with Crippen LogP contribution in [0.1, 0.15) is 12.8 Å². The standard InChI is InChI=1S/C28H31ClN6O2/c1-36-27-18-21(33-12-10-20(11-13-33)34-14-16-37-17-15-34)6-8-25(27)31-28-30-19-22-7-9-26(35(22)32-28)23-4-2-3-5-24(23)29/h2-9,18-20H,10-17H2,1H3,(H,31,32). The molecule has 0 spiro atoms. The Bertz CT molecular complexity index is 1380. The van der Waals surface area contributed by atoms with Crippen molar-refractivity contribution in [2.45, 2.75) is 18.9 Å². The highest BCUT2D eigenvalue weighted by Gasteiger charge is 2.26. The molecule has 0 saturated carbocycles. The lowest BCUT2D eigenvalue weighted by molar-refractivity contribution is 0.0115. The summed E-state index contributed by atoms with van der Waals surface area (Å²) in [5, 5.41) is 8.77. The van der Waals surface area contributed by atoms with Crippen LogP contribution in [0.2, 0.25) is 5.02 Å². The Balaban J connectivity index is 1.19. The van der Waals surface area contributed by atoms with Crippen molar-refractivity contribution in [1.82, 2.24) is 19.5 Å². The Labute approximate surface area is 221 Å². The topological polar surface area (TPSA) is 67.2 Å². The van der Waals surface area contributed by atoms with Gasteiger partial charge in [0.1, 0.15) is 5.75 Å². The number of halogens is 1. The molecule has 4 heterocycles. The minimum Gasteiger partial charge on any atom is -0.494 e. The van der Waals surface area contributed by atoms with Crippen LogP contribution in [-0.2, 0) is 4.74 Å². The average Bonchev–Trinajstić information content (AvgIpc) is 3.37. The third kappa shape index (κ3) is 4.97. The number of hydrogen-bond acceptors (Lipinski definition) is 7. The predicted molar refractivity (Wildman–Crippen MR) is 147 cm³/mol. The van der Waals surface area contributed by atoms with Crippen LogP contribution in [0.3, 0.4) is 0 Å². The molecule has 2 aromatic heterocycles. The van der Waals surface area contributed by atoms with E-state index in [9.17, 15) is 0 Å². The number of nitrogens with zero attached hydrogens (tertiary/aromatic N) is 5. The summed E-state index contributed by atoms with van der Waals surface area (Å²) in [7, 11) is 1.69. The molecule has 2 aliphatic rings. The molecule has 9 heteroatoms. The molecule has 1 N–H and O–H groups in total. The number of nitrogens with one attached hydrogen (secondary N) is 1. The average molecular weight is 519 g/mol. The van der Waals surface area contributed by atoms with Crippen molar-refractivity contribution in [3.63, 3.8) is 0 Å². The van der Waals surface area contributed by atoms with E-state index >= 15 is 0 Å². The van der Waals surface area contributed by atoms with Crippen LogP contribution >= 0.6 is 11.6 Å².